The van der Waals surface area contributed by atoms with E-state index in [2.05, 4.69) is 5.32 Å². The maximum atomic E-state index is 14.1. The smallest absolute Gasteiger partial charge is 0.410 e. The summed E-state index contributed by atoms with van der Waals surface area (Å²) < 4.78 is 19.4. The van der Waals surface area contributed by atoms with Gasteiger partial charge in [-0.25, -0.2) is 9.18 Å². The molecule has 1 aliphatic rings. The summed E-state index contributed by atoms with van der Waals surface area (Å²) in [4.78, 5) is 13.7. The Labute approximate surface area is 129 Å². The molecule has 1 fully saturated rings. The van der Waals surface area contributed by atoms with Crippen molar-refractivity contribution in [2.45, 2.75) is 32.4 Å². The van der Waals surface area contributed by atoms with Gasteiger partial charge in [0.2, 0.25) is 0 Å². The minimum absolute atomic E-state index is 0.0868. The van der Waals surface area contributed by atoms with Gasteiger partial charge < -0.3 is 15.0 Å². The summed E-state index contributed by atoms with van der Waals surface area (Å²) in [6.07, 6.45) is -0.378. The number of ether oxygens (including phenoxy) is 1. The number of nitrogens with zero attached hydrogens (tertiary/aromatic N) is 1. The number of piperazine rings is 1. The minimum atomic E-state index is -0.543. The molecule has 6 heteroatoms. The predicted octanol–water partition coefficient (Wildman–Crippen LogP) is 3.36. The third-order valence-electron chi connectivity index (χ3n) is 3.18. The van der Waals surface area contributed by atoms with Gasteiger partial charge in [-0.15, -0.1) is 0 Å². The average Bonchev–Trinajstić information content (AvgIpc) is 2.40. The Bertz CT molecular complexity index is 531. The van der Waals surface area contributed by atoms with Crippen LogP contribution in [-0.4, -0.2) is 36.2 Å². The van der Waals surface area contributed by atoms with Gasteiger partial charge in [-0.3, -0.25) is 0 Å². The van der Waals surface area contributed by atoms with Crippen LogP contribution in [0, 0.1) is 5.82 Å². The zero-order chi connectivity index (χ0) is 15.6. The second-order valence-corrected chi connectivity index (χ2v) is 6.48. The zero-order valence-electron chi connectivity index (χ0n) is 12.5. The summed E-state index contributed by atoms with van der Waals surface area (Å²) >= 11 is 5.81. The van der Waals surface area contributed by atoms with Crippen LogP contribution in [0.1, 0.15) is 32.4 Å². The number of hydrogen-bond donors (Lipinski definition) is 1. The molecule has 1 aromatic rings. The molecule has 0 spiro atoms. The average molecular weight is 315 g/mol. The summed E-state index contributed by atoms with van der Waals surface area (Å²) in [5.74, 6) is -0.442. The summed E-state index contributed by atoms with van der Waals surface area (Å²) in [6, 6.07) is 4.60. The number of nitrogens with one attached hydrogen (secondary N) is 1. The van der Waals surface area contributed by atoms with Gasteiger partial charge >= 0.3 is 6.09 Å². The van der Waals surface area contributed by atoms with Crippen LogP contribution in [0.5, 0.6) is 0 Å². The first kappa shape index (κ1) is 16.0. The number of hydrogen-bond acceptors (Lipinski definition) is 3. The van der Waals surface area contributed by atoms with Crippen molar-refractivity contribution in [3.05, 3.63) is 34.6 Å². The Hall–Kier alpha value is -1.33. The lowest BCUT2D eigenvalue weighted by molar-refractivity contribution is 0.0194. The van der Waals surface area contributed by atoms with Crippen molar-refractivity contribution in [2.75, 3.05) is 19.6 Å². The van der Waals surface area contributed by atoms with Crippen molar-refractivity contribution in [1.29, 1.82) is 0 Å². The summed E-state index contributed by atoms with van der Waals surface area (Å²) in [6.45, 7) is 6.93. The van der Waals surface area contributed by atoms with E-state index in [4.69, 9.17) is 16.3 Å². The highest BCUT2D eigenvalue weighted by molar-refractivity contribution is 6.30. The Morgan fingerprint density at radius 1 is 1.48 bits per heavy atom. The van der Waals surface area contributed by atoms with Gasteiger partial charge in [0, 0.05) is 25.2 Å². The lowest BCUT2D eigenvalue weighted by Gasteiger charge is -2.35. The molecule has 116 valence electrons. The van der Waals surface area contributed by atoms with Crippen LogP contribution in [-0.2, 0) is 4.74 Å². The van der Waals surface area contributed by atoms with E-state index in [9.17, 15) is 9.18 Å². The van der Waals surface area contributed by atoms with E-state index in [1.54, 1.807) is 17.0 Å². The molecule has 1 aliphatic heterocycles. The van der Waals surface area contributed by atoms with Crippen molar-refractivity contribution < 1.29 is 13.9 Å². The van der Waals surface area contributed by atoms with Crippen LogP contribution in [0.2, 0.25) is 5.02 Å². The van der Waals surface area contributed by atoms with Crippen LogP contribution < -0.4 is 5.32 Å². The van der Waals surface area contributed by atoms with Gasteiger partial charge in [-0.2, -0.15) is 0 Å². The van der Waals surface area contributed by atoms with E-state index >= 15 is 0 Å². The fourth-order valence-corrected chi connectivity index (χ4v) is 2.42. The van der Waals surface area contributed by atoms with Gasteiger partial charge in [0.15, 0.2) is 0 Å². The van der Waals surface area contributed by atoms with E-state index in [-0.39, 0.29) is 17.2 Å². The fourth-order valence-electron chi connectivity index (χ4n) is 2.24. The first-order chi connectivity index (χ1) is 9.78. The van der Waals surface area contributed by atoms with Gasteiger partial charge in [0.1, 0.15) is 11.4 Å². The molecule has 1 atom stereocenters. The summed E-state index contributed by atoms with van der Waals surface area (Å²) in [5, 5.41) is 3.29. The molecule has 1 unspecified atom stereocenters. The number of carbonyl (C=O) groups is 1. The molecule has 21 heavy (non-hydrogen) atoms. The van der Waals surface area contributed by atoms with Crippen molar-refractivity contribution in [1.82, 2.24) is 10.2 Å². The van der Waals surface area contributed by atoms with E-state index in [0.717, 1.165) is 0 Å². The molecule has 4 nitrogen and oxygen atoms in total. The monoisotopic (exact) mass is 314 g/mol. The maximum absolute atomic E-state index is 14.1. The molecule has 1 N–H and O–H groups in total. The number of rotatable bonds is 1. The van der Waals surface area contributed by atoms with Crippen LogP contribution in [0.3, 0.4) is 0 Å². The second-order valence-electron chi connectivity index (χ2n) is 6.08. The largest absolute Gasteiger partial charge is 0.444 e. The Morgan fingerprint density at radius 2 is 2.19 bits per heavy atom. The molecule has 1 heterocycles. The van der Waals surface area contributed by atoms with Crippen LogP contribution in [0.4, 0.5) is 9.18 Å². The van der Waals surface area contributed by atoms with Gasteiger partial charge in [-0.05, 0) is 26.8 Å². The predicted molar refractivity (Wildman–Crippen MR) is 80.0 cm³/mol. The van der Waals surface area contributed by atoms with Crippen molar-refractivity contribution in [3.8, 4) is 0 Å². The molecular weight excluding hydrogens is 295 g/mol. The van der Waals surface area contributed by atoms with Crippen molar-refractivity contribution in [3.63, 3.8) is 0 Å². The minimum Gasteiger partial charge on any atom is -0.444 e. The SMILES string of the molecule is CC(C)(C)OC(=O)N1CCNC(c2cccc(Cl)c2F)C1. The maximum Gasteiger partial charge on any atom is 0.410 e. The van der Waals surface area contributed by atoms with Crippen LogP contribution in [0.25, 0.3) is 0 Å². The number of benzene rings is 1. The molecule has 0 aliphatic carbocycles. The number of amides is 1. The molecule has 1 amide bonds. The highest BCUT2D eigenvalue weighted by atomic mass is 35.5. The summed E-state index contributed by atoms with van der Waals surface area (Å²) in [5.41, 5.74) is -0.0746. The standard InChI is InChI=1S/C15H20ClFN2O2/c1-15(2,3)21-14(20)19-8-7-18-12(9-19)10-5-4-6-11(16)13(10)17/h4-6,12,18H,7-9H2,1-3H3. The van der Waals surface area contributed by atoms with E-state index in [0.29, 0.717) is 25.2 Å². The first-order valence-corrected chi connectivity index (χ1v) is 7.31. The Balaban J connectivity index is 2.10. The Kier molecular flexibility index (Phi) is 4.74. The third kappa shape index (κ3) is 4.08. The van der Waals surface area contributed by atoms with Gasteiger partial charge in [0.25, 0.3) is 0 Å². The third-order valence-corrected chi connectivity index (χ3v) is 3.48. The highest BCUT2D eigenvalue weighted by Gasteiger charge is 2.29. The van der Waals surface area contributed by atoms with E-state index in [1.807, 2.05) is 20.8 Å². The molecule has 1 aromatic carbocycles. The topological polar surface area (TPSA) is 41.6 Å². The van der Waals surface area contributed by atoms with E-state index < -0.39 is 11.4 Å². The molecule has 0 bridgehead atoms. The molecule has 0 radical (unpaired) electrons. The van der Waals surface area contributed by atoms with Crippen molar-refractivity contribution in [2.24, 2.45) is 0 Å². The van der Waals surface area contributed by atoms with Crippen LogP contribution in [0.15, 0.2) is 18.2 Å². The Morgan fingerprint density at radius 3 is 2.86 bits per heavy atom. The first-order valence-electron chi connectivity index (χ1n) is 6.93. The number of halogens is 2. The molecule has 2 rings (SSSR count). The normalized spacial score (nSPS) is 19.5. The van der Waals surface area contributed by atoms with Gasteiger partial charge in [0.05, 0.1) is 11.1 Å². The van der Waals surface area contributed by atoms with E-state index in [1.165, 1.54) is 6.07 Å². The lowest BCUT2D eigenvalue weighted by atomic mass is 10.0. The molecule has 0 saturated carbocycles. The summed E-state index contributed by atoms with van der Waals surface area (Å²) in [7, 11) is 0. The molecular formula is C15H20ClFN2O2. The highest BCUT2D eigenvalue weighted by Crippen LogP contribution is 2.25. The van der Waals surface area contributed by atoms with Crippen LogP contribution >= 0.6 is 11.6 Å². The fraction of sp³-hybridized carbons (Fsp3) is 0.533. The lowest BCUT2D eigenvalue weighted by Crippen LogP contribution is -2.49. The van der Waals surface area contributed by atoms with Crippen molar-refractivity contribution >= 4 is 17.7 Å². The quantitative estimate of drug-likeness (QED) is 0.864. The zero-order valence-corrected chi connectivity index (χ0v) is 13.2. The number of carbonyl (C=O) groups excluding carboxylic acids is 1. The molecule has 0 aromatic heterocycles. The molecule has 1 saturated heterocycles. The van der Waals surface area contributed by atoms with Gasteiger partial charge in [-0.1, -0.05) is 23.7 Å². The second kappa shape index (κ2) is 6.20.